The number of methoxy groups -OCH3 is 1. The van der Waals surface area contributed by atoms with Gasteiger partial charge in [0, 0.05) is 17.0 Å². The van der Waals surface area contributed by atoms with Crippen molar-refractivity contribution in [1.29, 1.82) is 5.26 Å². The van der Waals surface area contributed by atoms with Crippen LogP contribution in [0.5, 0.6) is 11.5 Å². The highest BCUT2D eigenvalue weighted by Crippen LogP contribution is 2.51. The van der Waals surface area contributed by atoms with Crippen LogP contribution in [-0.4, -0.2) is 18.8 Å². The van der Waals surface area contributed by atoms with Crippen molar-refractivity contribution in [2.75, 3.05) is 13.7 Å². The van der Waals surface area contributed by atoms with E-state index in [1.54, 1.807) is 13.2 Å². The Morgan fingerprint density at radius 3 is 3.12 bits per heavy atom. The topological polar surface area (TPSA) is 62.5 Å². The lowest BCUT2D eigenvalue weighted by molar-refractivity contribution is 0.0706. The molecule has 0 amide bonds. The molecule has 1 aliphatic heterocycles. The maximum absolute atomic E-state index is 10.4. The van der Waals surface area contributed by atoms with E-state index in [9.17, 15) is 10.4 Å². The van der Waals surface area contributed by atoms with Crippen molar-refractivity contribution in [2.24, 2.45) is 0 Å². The van der Waals surface area contributed by atoms with Crippen LogP contribution in [0.25, 0.3) is 0 Å². The third-order valence-electron chi connectivity index (χ3n) is 3.69. The molecule has 0 spiro atoms. The maximum atomic E-state index is 10.4. The van der Waals surface area contributed by atoms with E-state index in [2.05, 4.69) is 0 Å². The summed E-state index contributed by atoms with van der Waals surface area (Å²) in [4.78, 5) is 0. The highest BCUT2D eigenvalue weighted by Gasteiger charge is 2.45. The SMILES string of the molecule is COc1ccc2c3c1[C@@](O)(C#N)CC[C@@H]3CO2. The molecule has 0 unspecified atom stereocenters. The van der Waals surface area contributed by atoms with E-state index >= 15 is 0 Å². The van der Waals surface area contributed by atoms with E-state index in [4.69, 9.17) is 9.47 Å². The molecule has 1 aromatic rings. The summed E-state index contributed by atoms with van der Waals surface area (Å²) in [5.74, 6) is 1.63. The fourth-order valence-electron chi connectivity index (χ4n) is 2.83. The molecule has 2 atom stereocenters. The van der Waals surface area contributed by atoms with Gasteiger partial charge >= 0.3 is 0 Å². The van der Waals surface area contributed by atoms with Gasteiger partial charge in [-0.1, -0.05) is 0 Å². The van der Waals surface area contributed by atoms with E-state index in [-0.39, 0.29) is 5.92 Å². The maximum Gasteiger partial charge on any atom is 0.180 e. The average molecular weight is 231 g/mol. The third-order valence-corrected chi connectivity index (χ3v) is 3.69. The molecule has 0 fully saturated rings. The highest BCUT2D eigenvalue weighted by atomic mass is 16.5. The minimum absolute atomic E-state index is 0.281. The smallest absolute Gasteiger partial charge is 0.180 e. The first-order chi connectivity index (χ1) is 8.19. The Labute approximate surface area is 99.4 Å². The van der Waals surface area contributed by atoms with Gasteiger partial charge < -0.3 is 14.6 Å². The molecular formula is C13H13NO3. The van der Waals surface area contributed by atoms with Gasteiger partial charge in [-0.25, -0.2) is 0 Å². The molecule has 1 heterocycles. The molecule has 1 N–H and O–H groups in total. The molecule has 2 aliphatic rings. The van der Waals surface area contributed by atoms with Crippen molar-refractivity contribution in [1.82, 2.24) is 0 Å². The number of ether oxygens (including phenoxy) is 2. The van der Waals surface area contributed by atoms with E-state index < -0.39 is 5.60 Å². The van der Waals surface area contributed by atoms with Crippen molar-refractivity contribution in [3.05, 3.63) is 23.3 Å². The quantitative estimate of drug-likeness (QED) is 0.747. The number of benzene rings is 1. The molecule has 0 bridgehead atoms. The Balaban J connectivity index is 2.30. The highest BCUT2D eigenvalue weighted by molar-refractivity contribution is 5.58. The molecular weight excluding hydrogens is 218 g/mol. The summed E-state index contributed by atoms with van der Waals surface area (Å²) < 4.78 is 10.9. The third kappa shape index (κ3) is 1.26. The van der Waals surface area contributed by atoms with Crippen molar-refractivity contribution >= 4 is 0 Å². The molecule has 4 heteroatoms. The Kier molecular flexibility index (Phi) is 2.07. The number of nitriles is 1. The zero-order valence-electron chi connectivity index (χ0n) is 9.56. The summed E-state index contributed by atoms with van der Waals surface area (Å²) in [5.41, 5.74) is 0.120. The lowest BCUT2D eigenvalue weighted by atomic mass is 9.75. The van der Waals surface area contributed by atoms with Gasteiger partial charge in [0.25, 0.3) is 0 Å². The van der Waals surface area contributed by atoms with E-state index in [0.29, 0.717) is 24.3 Å². The monoisotopic (exact) mass is 231 g/mol. The van der Waals surface area contributed by atoms with Crippen LogP contribution in [0.15, 0.2) is 12.1 Å². The summed E-state index contributed by atoms with van der Waals surface area (Å²) in [5, 5.41) is 19.6. The van der Waals surface area contributed by atoms with E-state index in [1.165, 1.54) is 0 Å². The van der Waals surface area contributed by atoms with Crippen LogP contribution in [0.1, 0.15) is 29.9 Å². The molecule has 4 nitrogen and oxygen atoms in total. The van der Waals surface area contributed by atoms with Gasteiger partial charge in [-0.15, -0.1) is 0 Å². The second kappa shape index (κ2) is 3.38. The number of aliphatic hydroxyl groups is 1. The summed E-state index contributed by atoms with van der Waals surface area (Å²) in [7, 11) is 1.55. The largest absolute Gasteiger partial charge is 0.496 e. The van der Waals surface area contributed by atoms with Gasteiger partial charge in [0.05, 0.1) is 13.7 Å². The van der Waals surface area contributed by atoms with Crippen LogP contribution in [0.4, 0.5) is 0 Å². The number of hydrogen-bond acceptors (Lipinski definition) is 4. The number of nitrogens with zero attached hydrogens (tertiary/aromatic N) is 1. The standard InChI is InChI=1S/C13H13NO3/c1-16-10-3-2-9-11-8(6-17-9)4-5-13(15,7-14)12(10)11/h2-3,8,15H,4-6H2,1H3/t8-,13+/m1/s1. The summed E-state index contributed by atoms with van der Waals surface area (Å²) >= 11 is 0. The molecule has 1 aromatic carbocycles. The number of rotatable bonds is 1. The fourth-order valence-corrected chi connectivity index (χ4v) is 2.83. The van der Waals surface area contributed by atoms with Gasteiger partial charge in [-0.2, -0.15) is 5.26 Å². The summed E-state index contributed by atoms with van der Waals surface area (Å²) in [6.07, 6.45) is 1.21. The molecule has 17 heavy (non-hydrogen) atoms. The first-order valence-corrected chi connectivity index (χ1v) is 5.67. The van der Waals surface area contributed by atoms with Gasteiger partial charge in [0.1, 0.15) is 17.6 Å². The lowest BCUT2D eigenvalue weighted by Gasteiger charge is -2.31. The van der Waals surface area contributed by atoms with Crippen molar-refractivity contribution < 1.29 is 14.6 Å². The van der Waals surface area contributed by atoms with Crippen LogP contribution < -0.4 is 9.47 Å². The second-order valence-corrected chi connectivity index (χ2v) is 4.57. The molecule has 0 saturated carbocycles. The van der Waals surface area contributed by atoms with Crippen molar-refractivity contribution in [3.8, 4) is 17.6 Å². The van der Waals surface area contributed by atoms with E-state index in [1.807, 2.05) is 12.1 Å². The minimum Gasteiger partial charge on any atom is -0.496 e. The summed E-state index contributed by atoms with van der Waals surface area (Å²) in [6.45, 7) is 0.636. The minimum atomic E-state index is -1.44. The van der Waals surface area contributed by atoms with Crippen molar-refractivity contribution in [3.63, 3.8) is 0 Å². The van der Waals surface area contributed by atoms with Crippen LogP contribution in [-0.2, 0) is 5.60 Å². The van der Waals surface area contributed by atoms with Gasteiger partial charge in [0.15, 0.2) is 5.60 Å². The Bertz CT molecular complexity index is 520. The summed E-state index contributed by atoms with van der Waals surface area (Å²) in [6, 6.07) is 5.61. The Hall–Kier alpha value is -1.73. The lowest BCUT2D eigenvalue weighted by Crippen LogP contribution is -2.30. The zero-order valence-corrected chi connectivity index (χ0v) is 9.56. The molecule has 1 aliphatic carbocycles. The fraction of sp³-hybridized carbons (Fsp3) is 0.462. The van der Waals surface area contributed by atoms with Crippen LogP contribution in [0.2, 0.25) is 0 Å². The van der Waals surface area contributed by atoms with Crippen LogP contribution >= 0.6 is 0 Å². The van der Waals surface area contributed by atoms with Gasteiger partial charge in [-0.3, -0.25) is 0 Å². The normalized spacial score (nSPS) is 29.1. The second-order valence-electron chi connectivity index (χ2n) is 4.57. The van der Waals surface area contributed by atoms with Gasteiger partial charge in [-0.05, 0) is 25.0 Å². The zero-order chi connectivity index (χ0) is 12.0. The molecule has 0 radical (unpaired) electrons. The number of hydrogen-bond donors (Lipinski definition) is 1. The molecule has 88 valence electrons. The predicted octanol–water partition coefficient (Wildman–Crippen LogP) is 1.68. The van der Waals surface area contributed by atoms with Crippen LogP contribution in [0.3, 0.4) is 0 Å². The molecule has 0 aromatic heterocycles. The van der Waals surface area contributed by atoms with E-state index in [0.717, 1.165) is 17.7 Å². The average Bonchev–Trinajstić information content (AvgIpc) is 2.78. The molecule has 0 saturated heterocycles. The van der Waals surface area contributed by atoms with Gasteiger partial charge in [0.2, 0.25) is 0 Å². The predicted molar refractivity (Wildman–Crippen MR) is 60.0 cm³/mol. The van der Waals surface area contributed by atoms with Crippen LogP contribution in [0, 0.1) is 11.3 Å². The first-order valence-electron chi connectivity index (χ1n) is 5.67. The Morgan fingerprint density at radius 2 is 2.41 bits per heavy atom. The molecule has 3 rings (SSSR count). The Morgan fingerprint density at radius 1 is 1.59 bits per heavy atom. The first kappa shape index (κ1) is 10.4. The van der Waals surface area contributed by atoms with Crippen molar-refractivity contribution in [2.45, 2.75) is 24.4 Å².